The Morgan fingerprint density at radius 1 is 1.13 bits per heavy atom. The molecule has 1 atom stereocenters. The van der Waals surface area contributed by atoms with Gasteiger partial charge in [0, 0.05) is 13.1 Å². The minimum absolute atomic E-state index is 0.0637. The third-order valence-corrected chi connectivity index (χ3v) is 7.49. The van der Waals surface area contributed by atoms with Crippen LogP contribution in [0.4, 0.5) is 5.69 Å². The van der Waals surface area contributed by atoms with Gasteiger partial charge in [-0.05, 0) is 42.7 Å². The Kier molecular flexibility index (Phi) is 7.02. The molecule has 2 aromatic rings. The highest BCUT2D eigenvalue weighted by Crippen LogP contribution is 2.26. The molecule has 0 aliphatic carbocycles. The van der Waals surface area contributed by atoms with Crippen LogP contribution in [-0.4, -0.2) is 37.6 Å². The van der Waals surface area contributed by atoms with Crippen molar-refractivity contribution in [2.75, 3.05) is 18.4 Å². The van der Waals surface area contributed by atoms with Crippen molar-refractivity contribution in [2.24, 2.45) is 11.7 Å². The third kappa shape index (κ3) is 5.31. The summed E-state index contributed by atoms with van der Waals surface area (Å²) < 4.78 is 27.1. The number of sulfonamides is 1. The monoisotopic (exact) mass is 469 g/mol. The minimum Gasteiger partial charge on any atom is -0.366 e. The molecule has 1 aliphatic heterocycles. The molecule has 0 saturated carbocycles. The zero-order valence-corrected chi connectivity index (χ0v) is 18.3. The molecular formula is C20H21Cl2N3O4S. The Bertz CT molecular complexity index is 1080. The van der Waals surface area contributed by atoms with E-state index in [9.17, 15) is 18.0 Å². The lowest BCUT2D eigenvalue weighted by molar-refractivity contribution is -0.120. The summed E-state index contributed by atoms with van der Waals surface area (Å²) in [7, 11) is -3.65. The molecule has 0 bridgehead atoms. The first-order valence-electron chi connectivity index (χ1n) is 9.29. The second kappa shape index (κ2) is 9.34. The van der Waals surface area contributed by atoms with E-state index in [1.54, 1.807) is 30.3 Å². The number of primary amides is 1. The van der Waals surface area contributed by atoms with Crippen molar-refractivity contribution in [1.29, 1.82) is 0 Å². The van der Waals surface area contributed by atoms with Gasteiger partial charge < -0.3 is 11.1 Å². The quantitative estimate of drug-likeness (QED) is 0.675. The van der Waals surface area contributed by atoms with Crippen molar-refractivity contribution < 1.29 is 18.0 Å². The van der Waals surface area contributed by atoms with Gasteiger partial charge in [-0.25, -0.2) is 12.7 Å². The number of nitrogens with one attached hydrogen (secondary N) is 1. The maximum Gasteiger partial charge on any atom is 0.250 e. The van der Waals surface area contributed by atoms with E-state index in [1.807, 2.05) is 0 Å². The fourth-order valence-electron chi connectivity index (χ4n) is 3.38. The molecule has 160 valence electrons. The predicted molar refractivity (Wildman–Crippen MR) is 117 cm³/mol. The van der Waals surface area contributed by atoms with Crippen LogP contribution >= 0.6 is 23.2 Å². The molecule has 0 radical (unpaired) electrons. The van der Waals surface area contributed by atoms with Gasteiger partial charge in [0.1, 0.15) is 0 Å². The van der Waals surface area contributed by atoms with E-state index in [4.69, 9.17) is 28.9 Å². The number of piperidine rings is 1. The highest BCUT2D eigenvalue weighted by molar-refractivity contribution is 7.88. The zero-order valence-electron chi connectivity index (χ0n) is 16.0. The summed E-state index contributed by atoms with van der Waals surface area (Å²) >= 11 is 11.9. The Morgan fingerprint density at radius 2 is 1.87 bits per heavy atom. The summed E-state index contributed by atoms with van der Waals surface area (Å²) in [6.45, 7) is 0.402. The maximum absolute atomic E-state index is 12.9. The summed E-state index contributed by atoms with van der Waals surface area (Å²) in [5, 5.41) is 3.34. The van der Waals surface area contributed by atoms with Crippen molar-refractivity contribution in [3.05, 3.63) is 63.6 Å². The van der Waals surface area contributed by atoms with E-state index >= 15 is 0 Å². The van der Waals surface area contributed by atoms with Crippen LogP contribution in [0.3, 0.4) is 0 Å². The first-order valence-corrected chi connectivity index (χ1v) is 11.7. The van der Waals surface area contributed by atoms with Crippen LogP contribution < -0.4 is 11.1 Å². The first kappa shape index (κ1) is 22.6. The highest BCUT2D eigenvalue weighted by Gasteiger charge is 2.32. The molecule has 1 heterocycles. The average molecular weight is 470 g/mol. The van der Waals surface area contributed by atoms with Crippen molar-refractivity contribution in [3.63, 3.8) is 0 Å². The number of hydrogen-bond acceptors (Lipinski definition) is 4. The van der Waals surface area contributed by atoms with E-state index in [2.05, 4.69) is 5.32 Å². The van der Waals surface area contributed by atoms with Crippen LogP contribution in [0.15, 0.2) is 42.5 Å². The van der Waals surface area contributed by atoms with Gasteiger partial charge in [-0.1, -0.05) is 41.4 Å². The second-order valence-corrected chi connectivity index (χ2v) is 9.88. The number of halogens is 2. The molecule has 10 heteroatoms. The fraction of sp³-hybridized carbons (Fsp3) is 0.300. The topological polar surface area (TPSA) is 110 Å². The summed E-state index contributed by atoms with van der Waals surface area (Å²) in [5.74, 6) is -1.77. The van der Waals surface area contributed by atoms with Crippen molar-refractivity contribution in [2.45, 2.75) is 18.6 Å². The molecule has 30 heavy (non-hydrogen) atoms. The van der Waals surface area contributed by atoms with Crippen molar-refractivity contribution in [3.8, 4) is 0 Å². The molecule has 3 N–H and O–H groups in total. The summed E-state index contributed by atoms with van der Waals surface area (Å²) in [6, 6.07) is 11.1. The molecule has 1 fully saturated rings. The van der Waals surface area contributed by atoms with Crippen LogP contribution in [0.5, 0.6) is 0 Å². The van der Waals surface area contributed by atoms with Gasteiger partial charge in [0.2, 0.25) is 15.9 Å². The molecule has 0 aromatic heterocycles. The lowest BCUT2D eigenvalue weighted by Crippen LogP contribution is -2.44. The van der Waals surface area contributed by atoms with Crippen LogP contribution in [0.1, 0.15) is 28.8 Å². The van der Waals surface area contributed by atoms with Gasteiger partial charge in [-0.15, -0.1) is 0 Å². The molecular weight excluding hydrogens is 449 g/mol. The molecule has 2 amide bonds. The highest BCUT2D eigenvalue weighted by atomic mass is 35.5. The standard InChI is InChI=1S/C20H21Cl2N3O4S/c21-16-8-7-13(10-17(16)22)12-30(28,29)25-9-3-4-14(11-25)20(27)24-18-6-2-1-5-15(18)19(23)26/h1-2,5-8,10,14H,3-4,9,11-12H2,(H2,23,26)(H,24,27)/t14-/m0/s1. The number of anilines is 1. The van der Waals surface area contributed by atoms with E-state index < -0.39 is 21.8 Å². The van der Waals surface area contributed by atoms with E-state index in [1.165, 1.54) is 16.4 Å². The molecule has 0 unspecified atom stereocenters. The lowest BCUT2D eigenvalue weighted by atomic mass is 9.98. The molecule has 1 aliphatic rings. The van der Waals surface area contributed by atoms with Crippen LogP contribution in [0.25, 0.3) is 0 Å². The Hall–Kier alpha value is -2.13. The maximum atomic E-state index is 12.9. The number of hydrogen-bond donors (Lipinski definition) is 2. The first-order chi connectivity index (χ1) is 14.2. The number of carbonyl (C=O) groups is 2. The van der Waals surface area contributed by atoms with Crippen molar-refractivity contribution >= 4 is 50.7 Å². The van der Waals surface area contributed by atoms with Crippen LogP contribution in [0.2, 0.25) is 10.0 Å². The van der Waals surface area contributed by atoms with E-state index in [0.717, 1.165) is 0 Å². The Balaban J connectivity index is 1.70. The summed E-state index contributed by atoms with van der Waals surface area (Å²) in [5.41, 5.74) is 6.38. The minimum atomic E-state index is -3.65. The fourth-order valence-corrected chi connectivity index (χ4v) is 5.30. The number of para-hydroxylation sites is 1. The van der Waals surface area contributed by atoms with Gasteiger partial charge in [0.05, 0.1) is 33.0 Å². The normalized spacial score (nSPS) is 17.5. The Morgan fingerprint density at radius 3 is 2.57 bits per heavy atom. The second-order valence-electron chi connectivity index (χ2n) is 7.10. The number of benzene rings is 2. The predicted octanol–water partition coefficient (Wildman–Crippen LogP) is 3.27. The van der Waals surface area contributed by atoms with Gasteiger partial charge in [0.25, 0.3) is 5.91 Å². The smallest absolute Gasteiger partial charge is 0.250 e. The summed E-state index contributed by atoms with van der Waals surface area (Å²) in [6.07, 6.45) is 1.10. The van der Waals surface area contributed by atoms with Crippen LogP contribution in [-0.2, 0) is 20.6 Å². The SMILES string of the molecule is NC(=O)c1ccccc1NC(=O)[C@H]1CCCN(S(=O)(=O)Cc2ccc(Cl)c(Cl)c2)C1. The van der Waals surface area contributed by atoms with Gasteiger partial charge >= 0.3 is 0 Å². The number of nitrogens with zero attached hydrogens (tertiary/aromatic N) is 1. The Labute approximate surface area is 185 Å². The van der Waals surface area contributed by atoms with Gasteiger partial charge in [-0.3, -0.25) is 9.59 Å². The molecule has 1 saturated heterocycles. The number of nitrogens with two attached hydrogens (primary N) is 1. The number of amides is 2. The van der Waals surface area contributed by atoms with Crippen molar-refractivity contribution in [1.82, 2.24) is 4.31 Å². The number of carbonyl (C=O) groups excluding carboxylic acids is 2. The molecule has 7 nitrogen and oxygen atoms in total. The summed E-state index contributed by atoms with van der Waals surface area (Å²) in [4.78, 5) is 24.3. The molecule has 0 spiro atoms. The van der Waals surface area contributed by atoms with Crippen LogP contribution in [0, 0.1) is 5.92 Å². The van der Waals surface area contributed by atoms with Gasteiger partial charge in [-0.2, -0.15) is 0 Å². The molecule has 2 aromatic carbocycles. The largest absolute Gasteiger partial charge is 0.366 e. The van der Waals surface area contributed by atoms with E-state index in [-0.39, 0.29) is 28.8 Å². The zero-order chi connectivity index (χ0) is 21.9. The molecule has 3 rings (SSSR count). The van der Waals surface area contributed by atoms with Gasteiger partial charge in [0.15, 0.2) is 0 Å². The number of rotatable bonds is 6. The average Bonchev–Trinajstić information content (AvgIpc) is 2.71. The van der Waals surface area contributed by atoms with E-state index in [0.29, 0.717) is 35.7 Å². The third-order valence-electron chi connectivity index (χ3n) is 4.93. The lowest BCUT2D eigenvalue weighted by Gasteiger charge is -2.31.